The number of rotatable bonds is 1. The Balaban J connectivity index is 0.00000225. The van der Waals surface area contributed by atoms with Gasteiger partial charge in [-0.05, 0) is 20.8 Å². The van der Waals surface area contributed by atoms with E-state index in [0.717, 1.165) is 0 Å². The maximum atomic E-state index is 11.8. The second-order valence-corrected chi connectivity index (χ2v) is 7.19. The minimum atomic E-state index is -3.01. The zero-order valence-corrected chi connectivity index (χ0v) is 11.4. The van der Waals surface area contributed by atoms with Crippen molar-refractivity contribution in [3.8, 4) is 0 Å². The minimum absolute atomic E-state index is 0. The summed E-state index contributed by atoms with van der Waals surface area (Å²) in [5.74, 6) is -0.153. The third-order valence-corrected chi connectivity index (χ3v) is 4.70. The van der Waals surface area contributed by atoms with Crippen LogP contribution < -0.4 is 5.73 Å². The Labute approximate surface area is 103 Å². The minimum Gasteiger partial charge on any atom is -0.339 e. The van der Waals surface area contributed by atoms with Crippen LogP contribution in [0.25, 0.3) is 0 Å². The van der Waals surface area contributed by atoms with E-state index in [0.29, 0.717) is 0 Å². The Bertz CT molecular complexity index is 361. The molecule has 1 saturated heterocycles. The molecule has 96 valence electrons. The van der Waals surface area contributed by atoms with Crippen LogP contribution in [0.2, 0.25) is 0 Å². The third kappa shape index (κ3) is 3.33. The molecule has 1 rings (SSSR count). The van der Waals surface area contributed by atoms with Gasteiger partial charge in [0.25, 0.3) is 0 Å². The van der Waals surface area contributed by atoms with Crippen LogP contribution in [0.15, 0.2) is 0 Å². The molecule has 0 spiro atoms. The molecule has 1 aliphatic rings. The number of nitrogens with zero attached hydrogens (tertiary/aromatic N) is 1. The second kappa shape index (κ2) is 4.89. The van der Waals surface area contributed by atoms with Crippen LogP contribution in [0.1, 0.15) is 20.8 Å². The van der Waals surface area contributed by atoms with Gasteiger partial charge in [-0.3, -0.25) is 4.79 Å². The van der Waals surface area contributed by atoms with E-state index in [1.54, 1.807) is 20.8 Å². The van der Waals surface area contributed by atoms with Crippen molar-refractivity contribution in [3.63, 3.8) is 0 Å². The molecule has 0 aliphatic carbocycles. The van der Waals surface area contributed by atoms with Crippen LogP contribution in [0.4, 0.5) is 0 Å². The highest BCUT2D eigenvalue weighted by Gasteiger charge is 2.35. The fourth-order valence-electron chi connectivity index (χ4n) is 1.55. The van der Waals surface area contributed by atoms with Crippen molar-refractivity contribution >= 4 is 28.2 Å². The predicted octanol–water partition coefficient (Wildman–Crippen LogP) is -0.209. The standard InChI is InChI=1S/C9H18N2O3S.ClH/c1-7-6-11(4-5-15(7,13)14)8(12)9(2,3)10;/h7H,4-6,10H2,1-3H3;1H. The van der Waals surface area contributed by atoms with Crippen LogP contribution in [0, 0.1) is 0 Å². The molecule has 1 fully saturated rings. The molecule has 5 nitrogen and oxygen atoms in total. The molecule has 0 radical (unpaired) electrons. The van der Waals surface area contributed by atoms with Crippen molar-refractivity contribution in [3.05, 3.63) is 0 Å². The first-order chi connectivity index (χ1) is 6.64. The summed E-state index contributed by atoms with van der Waals surface area (Å²) in [5, 5.41) is -0.488. The first kappa shape index (κ1) is 15.7. The van der Waals surface area contributed by atoms with Crippen molar-refractivity contribution in [2.24, 2.45) is 5.73 Å². The maximum absolute atomic E-state index is 11.8. The lowest BCUT2D eigenvalue weighted by atomic mass is 10.1. The largest absolute Gasteiger partial charge is 0.339 e. The summed E-state index contributed by atoms with van der Waals surface area (Å²) < 4.78 is 22.9. The van der Waals surface area contributed by atoms with Crippen LogP contribution in [0.5, 0.6) is 0 Å². The van der Waals surface area contributed by atoms with Crippen LogP contribution in [0.3, 0.4) is 0 Å². The van der Waals surface area contributed by atoms with Crippen LogP contribution >= 0.6 is 12.4 Å². The summed E-state index contributed by atoms with van der Waals surface area (Å²) in [6.07, 6.45) is 0. The van der Waals surface area contributed by atoms with Gasteiger partial charge >= 0.3 is 0 Å². The van der Waals surface area contributed by atoms with E-state index in [9.17, 15) is 13.2 Å². The van der Waals surface area contributed by atoms with E-state index in [1.807, 2.05) is 0 Å². The number of amides is 1. The Morgan fingerprint density at radius 3 is 2.31 bits per heavy atom. The number of carbonyl (C=O) groups is 1. The van der Waals surface area contributed by atoms with E-state index >= 15 is 0 Å². The molecule has 16 heavy (non-hydrogen) atoms. The molecule has 0 bridgehead atoms. The zero-order chi connectivity index (χ0) is 11.9. The lowest BCUT2D eigenvalue weighted by molar-refractivity contribution is -0.135. The van der Waals surface area contributed by atoms with Crippen molar-refractivity contribution in [2.75, 3.05) is 18.8 Å². The van der Waals surface area contributed by atoms with Gasteiger partial charge in [0.1, 0.15) is 0 Å². The summed E-state index contributed by atoms with van der Waals surface area (Å²) in [7, 11) is -3.01. The second-order valence-electron chi connectivity index (χ2n) is 4.65. The summed E-state index contributed by atoms with van der Waals surface area (Å²) in [5.41, 5.74) is 4.75. The summed E-state index contributed by atoms with van der Waals surface area (Å²) in [6.45, 7) is 5.39. The van der Waals surface area contributed by atoms with Crippen LogP contribution in [-0.4, -0.2) is 48.9 Å². The van der Waals surface area contributed by atoms with Crippen molar-refractivity contribution in [1.82, 2.24) is 4.90 Å². The van der Waals surface area contributed by atoms with Crippen molar-refractivity contribution < 1.29 is 13.2 Å². The Morgan fingerprint density at radius 2 is 1.94 bits per heavy atom. The van der Waals surface area contributed by atoms with Gasteiger partial charge in [0.05, 0.1) is 16.5 Å². The predicted molar refractivity (Wildman–Crippen MR) is 65.3 cm³/mol. The highest BCUT2D eigenvalue weighted by atomic mass is 35.5. The number of carbonyl (C=O) groups excluding carboxylic acids is 1. The quantitative estimate of drug-likeness (QED) is 0.715. The van der Waals surface area contributed by atoms with E-state index < -0.39 is 20.6 Å². The summed E-state index contributed by atoms with van der Waals surface area (Å²) in [4.78, 5) is 13.3. The molecule has 2 N–H and O–H groups in total. The Hall–Kier alpha value is -0.330. The maximum Gasteiger partial charge on any atom is 0.242 e. The smallest absolute Gasteiger partial charge is 0.242 e. The third-order valence-electron chi connectivity index (χ3n) is 2.57. The average Bonchev–Trinajstić information content (AvgIpc) is 2.07. The highest BCUT2D eigenvalue weighted by molar-refractivity contribution is 7.92. The van der Waals surface area contributed by atoms with Gasteiger partial charge in [-0.2, -0.15) is 0 Å². The normalized spacial score (nSPS) is 24.8. The lowest BCUT2D eigenvalue weighted by Gasteiger charge is -2.34. The summed E-state index contributed by atoms with van der Waals surface area (Å²) in [6, 6.07) is 0. The Kier molecular flexibility index (Phi) is 4.79. The first-order valence-corrected chi connectivity index (χ1v) is 6.66. The van der Waals surface area contributed by atoms with Gasteiger partial charge in [0, 0.05) is 13.1 Å². The van der Waals surface area contributed by atoms with E-state index in [1.165, 1.54) is 4.90 Å². The molecule has 0 aromatic heterocycles. The average molecular weight is 271 g/mol. The highest BCUT2D eigenvalue weighted by Crippen LogP contribution is 2.15. The topological polar surface area (TPSA) is 80.5 Å². The number of hydrogen-bond donors (Lipinski definition) is 1. The molecule has 0 aromatic carbocycles. The fourth-order valence-corrected chi connectivity index (χ4v) is 2.83. The Morgan fingerprint density at radius 1 is 1.44 bits per heavy atom. The number of sulfone groups is 1. The van der Waals surface area contributed by atoms with Crippen molar-refractivity contribution in [2.45, 2.75) is 31.6 Å². The van der Waals surface area contributed by atoms with E-state index in [-0.39, 0.29) is 37.2 Å². The molecule has 1 heterocycles. The van der Waals surface area contributed by atoms with Crippen molar-refractivity contribution in [1.29, 1.82) is 0 Å². The molecule has 0 saturated carbocycles. The molecule has 7 heteroatoms. The monoisotopic (exact) mass is 270 g/mol. The molecule has 1 atom stereocenters. The molecular weight excluding hydrogens is 252 g/mol. The number of hydrogen-bond acceptors (Lipinski definition) is 4. The number of halogens is 1. The fraction of sp³-hybridized carbons (Fsp3) is 0.889. The molecule has 0 aromatic rings. The first-order valence-electron chi connectivity index (χ1n) is 4.94. The molecule has 1 unspecified atom stereocenters. The molecular formula is C9H19ClN2O3S. The van der Waals surface area contributed by atoms with Gasteiger partial charge in [0.15, 0.2) is 9.84 Å². The van der Waals surface area contributed by atoms with E-state index in [2.05, 4.69) is 0 Å². The summed E-state index contributed by atoms with van der Waals surface area (Å²) >= 11 is 0. The lowest BCUT2D eigenvalue weighted by Crippen LogP contribution is -2.56. The van der Waals surface area contributed by atoms with Gasteiger partial charge in [0.2, 0.25) is 5.91 Å². The molecule has 1 amide bonds. The van der Waals surface area contributed by atoms with E-state index in [4.69, 9.17) is 5.73 Å². The van der Waals surface area contributed by atoms with Gasteiger partial charge in [-0.1, -0.05) is 0 Å². The van der Waals surface area contributed by atoms with Gasteiger partial charge in [-0.25, -0.2) is 8.42 Å². The number of nitrogens with two attached hydrogens (primary N) is 1. The zero-order valence-electron chi connectivity index (χ0n) is 9.76. The molecule has 1 aliphatic heterocycles. The van der Waals surface area contributed by atoms with Gasteiger partial charge < -0.3 is 10.6 Å². The SMILES string of the molecule is CC1CN(C(=O)C(C)(C)N)CCS1(=O)=O.Cl. The van der Waals surface area contributed by atoms with Crippen LogP contribution in [-0.2, 0) is 14.6 Å². The van der Waals surface area contributed by atoms with Gasteiger partial charge in [-0.15, -0.1) is 12.4 Å².